The summed E-state index contributed by atoms with van der Waals surface area (Å²) in [6, 6.07) is 6.44. The first-order valence-electron chi connectivity index (χ1n) is 6.60. The number of anilines is 1. The number of nitro groups is 1. The fourth-order valence-electron chi connectivity index (χ4n) is 2.03. The van der Waals surface area contributed by atoms with Crippen molar-refractivity contribution in [2.75, 3.05) is 25.5 Å². The molecule has 1 N–H and O–H groups in total. The lowest BCUT2D eigenvalue weighted by Gasteiger charge is -2.23. The van der Waals surface area contributed by atoms with E-state index < -0.39 is 4.92 Å². The van der Waals surface area contributed by atoms with E-state index in [0.29, 0.717) is 6.54 Å². The number of nitrogens with zero attached hydrogens (tertiary/aromatic N) is 3. The van der Waals surface area contributed by atoms with E-state index in [2.05, 4.69) is 11.4 Å². The largest absolute Gasteiger partial charge is 0.382 e. The Morgan fingerprint density at radius 1 is 1.57 bits per heavy atom. The quantitative estimate of drug-likeness (QED) is 0.640. The predicted octanol–water partition coefficient (Wildman–Crippen LogP) is 2.26. The van der Waals surface area contributed by atoms with Gasteiger partial charge in [0.15, 0.2) is 0 Å². The Morgan fingerprint density at radius 3 is 2.71 bits per heavy atom. The molecule has 0 fully saturated rings. The summed E-state index contributed by atoms with van der Waals surface area (Å²) in [5.74, 6) is -0.627. The van der Waals surface area contributed by atoms with Crippen molar-refractivity contribution in [3.8, 4) is 6.07 Å². The smallest absolute Gasteiger partial charge is 0.293 e. The lowest BCUT2D eigenvalue weighted by Crippen LogP contribution is -2.34. The van der Waals surface area contributed by atoms with Crippen LogP contribution in [-0.4, -0.2) is 35.9 Å². The van der Waals surface area contributed by atoms with E-state index >= 15 is 0 Å². The molecular formula is C14H18N4O3. The second-order valence-electron chi connectivity index (χ2n) is 4.58. The number of nitro benzene ring substituents is 1. The minimum atomic E-state index is -0.531. The number of para-hydroxylation sites is 1. The third-order valence-electron chi connectivity index (χ3n) is 3.10. The SMILES string of the molecule is CCN(CC(C)C#N)C(=O)c1cccc([N+](=O)[O-])c1NC. The Labute approximate surface area is 123 Å². The zero-order valence-corrected chi connectivity index (χ0v) is 12.3. The average Bonchev–Trinajstić information content (AvgIpc) is 2.50. The molecule has 0 aromatic heterocycles. The van der Waals surface area contributed by atoms with Gasteiger partial charge < -0.3 is 10.2 Å². The predicted molar refractivity (Wildman–Crippen MR) is 79.0 cm³/mol. The number of nitrogens with one attached hydrogen (secondary N) is 1. The number of amides is 1. The van der Waals surface area contributed by atoms with E-state index in [4.69, 9.17) is 5.26 Å². The minimum Gasteiger partial charge on any atom is -0.382 e. The lowest BCUT2D eigenvalue weighted by atomic mass is 10.1. The van der Waals surface area contributed by atoms with Crippen molar-refractivity contribution in [2.45, 2.75) is 13.8 Å². The van der Waals surface area contributed by atoms with Gasteiger partial charge in [0.05, 0.1) is 22.5 Å². The highest BCUT2D eigenvalue weighted by Crippen LogP contribution is 2.28. The molecule has 7 nitrogen and oxygen atoms in total. The molecule has 1 unspecified atom stereocenters. The molecule has 21 heavy (non-hydrogen) atoms. The summed E-state index contributed by atoms with van der Waals surface area (Å²) in [6.45, 7) is 4.25. The van der Waals surface area contributed by atoms with Crippen molar-refractivity contribution >= 4 is 17.3 Å². The molecule has 0 saturated heterocycles. The van der Waals surface area contributed by atoms with Gasteiger partial charge in [-0.2, -0.15) is 5.26 Å². The van der Waals surface area contributed by atoms with E-state index in [1.165, 1.54) is 24.1 Å². The summed E-state index contributed by atoms with van der Waals surface area (Å²) < 4.78 is 0. The second kappa shape index (κ2) is 7.24. The number of benzene rings is 1. The lowest BCUT2D eigenvalue weighted by molar-refractivity contribution is -0.384. The molecule has 1 amide bonds. The molecule has 0 radical (unpaired) electrons. The number of hydrogen-bond donors (Lipinski definition) is 1. The van der Waals surface area contributed by atoms with Crippen LogP contribution in [0.3, 0.4) is 0 Å². The first kappa shape index (κ1) is 16.4. The molecule has 0 spiro atoms. The molecule has 0 aliphatic rings. The van der Waals surface area contributed by atoms with Gasteiger partial charge in [0.25, 0.3) is 11.6 Å². The topological polar surface area (TPSA) is 99.3 Å². The Balaban J connectivity index is 3.20. The van der Waals surface area contributed by atoms with Gasteiger partial charge in [-0.1, -0.05) is 6.07 Å². The Kier molecular flexibility index (Phi) is 5.67. The van der Waals surface area contributed by atoms with Crippen LogP contribution in [0.5, 0.6) is 0 Å². The number of nitriles is 1. The number of hydrogen-bond acceptors (Lipinski definition) is 5. The van der Waals surface area contributed by atoms with E-state index in [9.17, 15) is 14.9 Å². The van der Waals surface area contributed by atoms with Gasteiger partial charge in [-0.25, -0.2) is 0 Å². The summed E-state index contributed by atoms with van der Waals surface area (Å²) in [5, 5.41) is 22.6. The van der Waals surface area contributed by atoms with Crippen molar-refractivity contribution in [3.05, 3.63) is 33.9 Å². The fraction of sp³-hybridized carbons (Fsp3) is 0.429. The molecule has 1 aromatic rings. The number of carbonyl (C=O) groups excluding carboxylic acids is 1. The Hall–Kier alpha value is -2.62. The van der Waals surface area contributed by atoms with Crippen molar-refractivity contribution in [3.63, 3.8) is 0 Å². The maximum absolute atomic E-state index is 12.5. The van der Waals surface area contributed by atoms with E-state index in [0.717, 1.165) is 0 Å². The zero-order chi connectivity index (χ0) is 16.0. The average molecular weight is 290 g/mol. The second-order valence-corrected chi connectivity index (χ2v) is 4.58. The summed E-state index contributed by atoms with van der Waals surface area (Å²) in [5.41, 5.74) is 0.280. The van der Waals surface area contributed by atoms with Crippen LogP contribution in [-0.2, 0) is 0 Å². The van der Waals surface area contributed by atoms with Crippen LogP contribution in [0.1, 0.15) is 24.2 Å². The molecule has 1 aromatic carbocycles. The highest BCUT2D eigenvalue weighted by Gasteiger charge is 2.24. The third kappa shape index (κ3) is 3.69. The first-order chi connectivity index (χ1) is 9.96. The van der Waals surface area contributed by atoms with Crippen LogP contribution in [0.2, 0.25) is 0 Å². The third-order valence-corrected chi connectivity index (χ3v) is 3.10. The normalized spacial score (nSPS) is 11.3. The molecule has 0 aliphatic heterocycles. The van der Waals surface area contributed by atoms with Crippen LogP contribution in [0, 0.1) is 27.4 Å². The van der Waals surface area contributed by atoms with Crippen molar-refractivity contribution in [1.82, 2.24) is 4.90 Å². The Morgan fingerprint density at radius 2 is 2.24 bits per heavy atom. The number of carbonyl (C=O) groups is 1. The van der Waals surface area contributed by atoms with Crippen LogP contribution in [0.15, 0.2) is 18.2 Å². The first-order valence-corrected chi connectivity index (χ1v) is 6.60. The van der Waals surface area contributed by atoms with Gasteiger partial charge in [0.2, 0.25) is 0 Å². The molecule has 112 valence electrons. The summed E-state index contributed by atoms with van der Waals surface area (Å²) in [7, 11) is 1.54. The highest BCUT2D eigenvalue weighted by atomic mass is 16.6. The highest BCUT2D eigenvalue weighted by molar-refractivity contribution is 6.01. The van der Waals surface area contributed by atoms with Crippen LogP contribution in [0.25, 0.3) is 0 Å². The maximum atomic E-state index is 12.5. The molecule has 1 atom stereocenters. The van der Waals surface area contributed by atoms with Gasteiger partial charge in [-0.3, -0.25) is 14.9 Å². The van der Waals surface area contributed by atoms with Crippen molar-refractivity contribution in [1.29, 1.82) is 5.26 Å². The van der Waals surface area contributed by atoms with Gasteiger partial charge in [0.1, 0.15) is 5.69 Å². The molecular weight excluding hydrogens is 272 g/mol. The standard InChI is InChI=1S/C14H18N4O3/c1-4-17(9-10(2)8-15)14(19)11-6-5-7-12(18(20)21)13(11)16-3/h5-7,10,16H,4,9H2,1-3H3. The van der Waals surface area contributed by atoms with E-state index in [1.54, 1.807) is 19.9 Å². The maximum Gasteiger partial charge on any atom is 0.293 e. The van der Waals surface area contributed by atoms with Crippen LogP contribution >= 0.6 is 0 Å². The van der Waals surface area contributed by atoms with E-state index in [-0.39, 0.29) is 35.3 Å². The van der Waals surface area contributed by atoms with E-state index in [1.807, 2.05) is 0 Å². The molecule has 0 bridgehead atoms. The number of rotatable bonds is 6. The minimum absolute atomic E-state index is 0.146. The van der Waals surface area contributed by atoms with Gasteiger partial charge in [-0.15, -0.1) is 0 Å². The molecule has 0 saturated carbocycles. The van der Waals surface area contributed by atoms with Crippen molar-refractivity contribution < 1.29 is 9.72 Å². The summed E-state index contributed by atoms with van der Waals surface area (Å²) in [6.07, 6.45) is 0. The summed E-state index contributed by atoms with van der Waals surface area (Å²) in [4.78, 5) is 24.5. The molecule has 0 heterocycles. The zero-order valence-electron chi connectivity index (χ0n) is 12.3. The van der Waals surface area contributed by atoms with Gasteiger partial charge >= 0.3 is 0 Å². The monoisotopic (exact) mass is 290 g/mol. The molecule has 0 aliphatic carbocycles. The van der Waals surface area contributed by atoms with Gasteiger partial charge in [-0.05, 0) is 19.9 Å². The summed E-state index contributed by atoms with van der Waals surface area (Å²) >= 11 is 0. The Bertz CT molecular complexity index is 580. The van der Waals surface area contributed by atoms with Crippen molar-refractivity contribution in [2.24, 2.45) is 5.92 Å². The fourth-order valence-corrected chi connectivity index (χ4v) is 2.03. The molecule has 7 heteroatoms. The van der Waals surface area contributed by atoms with Crippen LogP contribution in [0.4, 0.5) is 11.4 Å². The van der Waals surface area contributed by atoms with Gasteiger partial charge in [0, 0.05) is 26.2 Å². The molecule has 1 rings (SSSR count). The van der Waals surface area contributed by atoms with Crippen LogP contribution < -0.4 is 5.32 Å².